The van der Waals surface area contributed by atoms with E-state index in [1.807, 2.05) is 36.4 Å². The Morgan fingerprint density at radius 2 is 1.26 bits per heavy atom. The number of aromatic hydroxyl groups is 1. The summed E-state index contributed by atoms with van der Waals surface area (Å²) in [6.07, 6.45) is 0. The molecule has 8 nitrogen and oxygen atoms in total. The molecule has 0 radical (unpaired) electrons. The standard InChI is InChI=1S/C22H17N3O5S/c1-30-16-12-17(26)19(18(13-16)31(27,28)29)22-24-20(14-8-4-2-5-9-14)23-21(25-22)15-10-6-3-7-11-15/h2-13,26H,1H3,(H,27,28,29). The van der Waals surface area contributed by atoms with Crippen LogP contribution in [0, 0.1) is 0 Å². The van der Waals surface area contributed by atoms with Crippen LogP contribution in [0.5, 0.6) is 11.5 Å². The number of aromatic nitrogens is 3. The third-order valence-corrected chi connectivity index (χ3v) is 5.37. The number of phenolic OH excluding ortho intramolecular Hbond substituents is 1. The Bertz CT molecular complexity index is 1290. The van der Waals surface area contributed by atoms with Crippen LogP contribution in [-0.2, 0) is 10.1 Å². The van der Waals surface area contributed by atoms with Crippen LogP contribution in [-0.4, -0.2) is 40.1 Å². The number of methoxy groups -OCH3 is 1. The van der Waals surface area contributed by atoms with Gasteiger partial charge in [-0.25, -0.2) is 15.0 Å². The molecule has 2 N–H and O–H groups in total. The van der Waals surface area contributed by atoms with E-state index in [2.05, 4.69) is 15.0 Å². The normalized spacial score (nSPS) is 11.3. The summed E-state index contributed by atoms with van der Waals surface area (Å²) < 4.78 is 39.0. The van der Waals surface area contributed by atoms with Crippen LogP contribution >= 0.6 is 0 Å². The fourth-order valence-corrected chi connectivity index (χ4v) is 3.76. The van der Waals surface area contributed by atoms with Crippen LogP contribution in [0.15, 0.2) is 77.7 Å². The van der Waals surface area contributed by atoms with Gasteiger partial charge in [0, 0.05) is 23.3 Å². The molecule has 0 aliphatic carbocycles. The second-order valence-electron chi connectivity index (χ2n) is 6.53. The zero-order chi connectivity index (χ0) is 22.0. The molecule has 156 valence electrons. The highest BCUT2D eigenvalue weighted by Crippen LogP contribution is 2.38. The van der Waals surface area contributed by atoms with Gasteiger partial charge < -0.3 is 9.84 Å². The summed E-state index contributed by atoms with van der Waals surface area (Å²) in [6, 6.07) is 20.4. The van der Waals surface area contributed by atoms with Crippen LogP contribution in [0.4, 0.5) is 0 Å². The van der Waals surface area contributed by atoms with Crippen LogP contribution in [0.25, 0.3) is 34.2 Å². The number of ether oxygens (including phenoxy) is 1. The fourth-order valence-electron chi connectivity index (χ4n) is 3.04. The van der Waals surface area contributed by atoms with Crippen molar-refractivity contribution < 1.29 is 22.8 Å². The summed E-state index contributed by atoms with van der Waals surface area (Å²) in [5.74, 6) is 0.0353. The summed E-state index contributed by atoms with van der Waals surface area (Å²) in [6.45, 7) is 0. The van der Waals surface area contributed by atoms with Gasteiger partial charge in [-0.1, -0.05) is 60.7 Å². The van der Waals surface area contributed by atoms with Gasteiger partial charge in [-0.2, -0.15) is 8.42 Å². The van der Waals surface area contributed by atoms with Crippen LogP contribution < -0.4 is 4.74 Å². The van der Waals surface area contributed by atoms with Gasteiger partial charge in [-0.05, 0) is 0 Å². The lowest BCUT2D eigenvalue weighted by Gasteiger charge is -2.13. The molecule has 0 amide bonds. The van der Waals surface area contributed by atoms with Gasteiger partial charge in [0.05, 0.1) is 12.7 Å². The molecule has 0 bridgehead atoms. The Balaban J connectivity index is 2.04. The quantitative estimate of drug-likeness (QED) is 0.454. The Kier molecular flexibility index (Phi) is 5.37. The second-order valence-corrected chi connectivity index (χ2v) is 7.92. The van der Waals surface area contributed by atoms with Gasteiger partial charge in [-0.15, -0.1) is 0 Å². The molecule has 31 heavy (non-hydrogen) atoms. The maximum atomic E-state index is 12.1. The smallest absolute Gasteiger partial charge is 0.295 e. The molecule has 4 rings (SSSR count). The van der Waals surface area contributed by atoms with Crippen molar-refractivity contribution in [2.75, 3.05) is 7.11 Å². The Morgan fingerprint density at radius 1 is 0.774 bits per heavy atom. The van der Waals surface area contributed by atoms with Crippen molar-refractivity contribution in [1.29, 1.82) is 0 Å². The third-order valence-electron chi connectivity index (χ3n) is 4.49. The molecule has 0 aliphatic heterocycles. The molecule has 0 fully saturated rings. The number of nitrogens with zero attached hydrogens (tertiary/aromatic N) is 3. The first-order valence-corrected chi connectivity index (χ1v) is 10.6. The first-order valence-electron chi connectivity index (χ1n) is 9.12. The zero-order valence-electron chi connectivity index (χ0n) is 16.3. The monoisotopic (exact) mass is 435 g/mol. The van der Waals surface area contributed by atoms with Crippen LogP contribution in [0.3, 0.4) is 0 Å². The average molecular weight is 435 g/mol. The molecule has 0 atom stereocenters. The molecule has 1 aromatic heterocycles. The lowest BCUT2D eigenvalue weighted by Crippen LogP contribution is -2.06. The van der Waals surface area contributed by atoms with Crippen molar-refractivity contribution in [3.63, 3.8) is 0 Å². The number of hydrogen-bond donors (Lipinski definition) is 2. The van der Waals surface area contributed by atoms with Crippen molar-refractivity contribution in [2.24, 2.45) is 0 Å². The van der Waals surface area contributed by atoms with Gasteiger partial charge in [0.25, 0.3) is 10.1 Å². The minimum absolute atomic E-state index is 0.0505. The number of hydrogen-bond acceptors (Lipinski definition) is 7. The van der Waals surface area contributed by atoms with Gasteiger partial charge >= 0.3 is 0 Å². The van der Waals surface area contributed by atoms with Crippen LogP contribution in [0.1, 0.15) is 0 Å². The van der Waals surface area contributed by atoms with Crippen molar-refractivity contribution in [3.05, 3.63) is 72.8 Å². The fraction of sp³-hybridized carbons (Fsp3) is 0.0455. The lowest BCUT2D eigenvalue weighted by atomic mass is 10.1. The van der Waals surface area contributed by atoms with Gasteiger partial charge in [0.15, 0.2) is 17.5 Å². The van der Waals surface area contributed by atoms with Gasteiger partial charge in [0.2, 0.25) is 0 Å². The maximum Gasteiger partial charge on any atom is 0.295 e. The Hall–Kier alpha value is -3.82. The molecule has 4 aromatic rings. The first-order chi connectivity index (χ1) is 14.9. The molecule has 0 unspecified atom stereocenters. The molecule has 0 saturated carbocycles. The maximum absolute atomic E-state index is 12.1. The van der Waals surface area contributed by atoms with E-state index in [0.29, 0.717) is 11.1 Å². The molecule has 0 saturated heterocycles. The van der Waals surface area contributed by atoms with E-state index in [9.17, 15) is 18.1 Å². The predicted octanol–water partition coefficient (Wildman–Crippen LogP) is 3.83. The zero-order valence-corrected chi connectivity index (χ0v) is 17.1. The Morgan fingerprint density at radius 3 is 1.71 bits per heavy atom. The topological polar surface area (TPSA) is 122 Å². The predicted molar refractivity (Wildman–Crippen MR) is 114 cm³/mol. The minimum Gasteiger partial charge on any atom is -0.507 e. The molecular formula is C22H17N3O5S. The summed E-state index contributed by atoms with van der Waals surface area (Å²) in [4.78, 5) is 12.7. The van der Waals surface area contributed by atoms with Crippen molar-refractivity contribution >= 4 is 10.1 Å². The molecule has 3 aromatic carbocycles. The molecule has 0 spiro atoms. The van der Waals surface area contributed by atoms with Gasteiger partial charge in [-0.3, -0.25) is 4.55 Å². The van der Waals surface area contributed by atoms with E-state index in [0.717, 1.165) is 6.07 Å². The summed E-state index contributed by atoms with van der Waals surface area (Å²) >= 11 is 0. The SMILES string of the molecule is COc1cc(O)c(-c2nc(-c3ccccc3)nc(-c3ccccc3)n2)c(S(=O)(=O)O)c1. The second kappa shape index (κ2) is 8.13. The number of benzene rings is 3. The molecule has 9 heteroatoms. The van der Waals surface area contributed by atoms with E-state index in [1.54, 1.807) is 24.3 Å². The summed E-state index contributed by atoms with van der Waals surface area (Å²) in [5.41, 5.74) is 1.09. The van der Waals surface area contributed by atoms with Crippen molar-refractivity contribution in [3.8, 4) is 45.7 Å². The van der Waals surface area contributed by atoms with E-state index in [4.69, 9.17) is 4.74 Å². The highest BCUT2D eigenvalue weighted by molar-refractivity contribution is 7.86. The van der Waals surface area contributed by atoms with Crippen molar-refractivity contribution in [2.45, 2.75) is 4.90 Å². The molecular weight excluding hydrogens is 418 g/mol. The molecule has 1 heterocycles. The minimum atomic E-state index is -4.73. The summed E-state index contributed by atoms with van der Waals surface area (Å²) in [7, 11) is -3.42. The highest BCUT2D eigenvalue weighted by Gasteiger charge is 2.25. The van der Waals surface area contributed by atoms with Crippen molar-refractivity contribution in [1.82, 2.24) is 15.0 Å². The highest BCUT2D eigenvalue weighted by atomic mass is 32.2. The number of rotatable bonds is 5. The Labute approximate surface area is 178 Å². The molecule has 0 aliphatic rings. The largest absolute Gasteiger partial charge is 0.507 e. The summed E-state index contributed by atoms with van der Waals surface area (Å²) in [5, 5.41) is 10.6. The van der Waals surface area contributed by atoms with E-state index in [-0.39, 0.29) is 28.8 Å². The number of phenols is 1. The lowest BCUT2D eigenvalue weighted by molar-refractivity contribution is 0.405. The van der Waals surface area contributed by atoms with E-state index in [1.165, 1.54) is 13.2 Å². The van der Waals surface area contributed by atoms with E-state index < -0.39 is 20.8 Å². The third kappa shape index (κ3) is 4.23. The van der Waals surface area contributed by atoms with Crippen LogP contribution in [0.2, 0.25) is 0 Å². The van der Waals surface area contributed by atoms with Gasteiger partial charge in [0.1, 0.15) is 16.4 Å². The average Bonchev–Trinajstić information content (AvgIpc) is 2.78. The van der Waals surface area contributed by atoms with E-state index >= 15 is 0 Å². The first kappa shape index (κ1) is 20.5.